The summed E-state index contributed by atoms with van der Waals surface area (Å²) < 4.78 is 17.0. The smallest absolute Gasteiger partial charge is 0.329 e. The van der Waals surface area contributed by atoms with Crippen molar-refractivity contribution in [2.75, 3.05) is 19.8 Å². The zero-order valence-electron chi connectivity index (χ0n) is 12.1. The Morgan fingerprint density at radius 2 is 2.00 bits per heavy atom. The quantitative estimate of drug-likeness (QED) is 0.620. The average Bonchev–Trinajstić information content (AvgIpc) is 2.78. The van der Waals surface area contributed by atoms with E-state index in [1.165, 1.54) is 0 Å². The van der Waals surface area contributed by atoms with Gasteiger partial charge in [0.05, 0.1) is 12.7 Å². The molecular weight excluding hydrogens is 280 g/mol. The van der Waals surface area contributed by atoms with E-state index in [4.69, 9.17) is 24.4 Å². The van der Waals surface area contributed by atoms with Crippen molar-refractivity contribution in [3.8, 4) is 0 Å². The number of aliphatic hydroxyl groups is 2. The highest BCUT2D eigenvalue weighted by Gasteiger charge is 2.50. The molecule has 2 aliphatic rings. The van der Waals surface area contributed by atoms with Crippen LogP contribution in [-0.4, -0.2) is 65.2 Å². The van der Waals surface area contributed by atoms with Gasteiger partial charge in [-0.1, -0.05) is 6.42 Å². The number of aliphatic carboxylic acids is 1. The predicted molar refractivity (Wildman–Crippen MR) is 71.7 cm³/mol. The van der Waals surface area contributed by atoms with Gasteiger partial charge in [0, 0.05) is 19.4 Å². The van der Waals surface area contributed by atoms with Gasteiger partial charge in [-0.2, -0.15) is 0 Å². The fourth-order valence-electron chi connectivity index (χ4n) is 3.03. The van der Waals surface area contributed by atoms with Gasteiger partial charge in [0.1, 0.15) is 18.8 Å². The van der Waals surface area contributed by atoms with Crippen molar-refractivity contribution in [1.29, 1.82) is 0 Å². The fourth-order valence-corrected chi connectivity index (χ4v) is 3.03. The largest absolute Gasteiger partial charge is 0.480 e. The molecule has 0 amide bonds. The molecule has 1 heterocycles. The molecule has 1 aliphatic carbocycles. The van der Waals surface area contributed by atoms with Crippen molar-refractivity contribution >= 4 is 5.97 Å². The molecule has 0 aromatic rings. The molecule has 1 saturated heterocycles. The van der Waals surface area contributed by atoms with Gasteiger partial charge < -0.3 is 29.5 Å². The van der Waals surface area contributed by atoms with Crippen molar-refractivity contribution in [3.63, 3.8) is 0 Å². The van der Waals surface area contributed by atoms with Gasteiger partial charge in [0.25, 0.3) is 0 Å². The maximum absolute atomic E-state index is 10.5. The van der Waals surface area contributed by atoms with Gasteiger partial charge in [-0.15, -0.1) is 0 Å². The second-order valence-corrected chi connectivity index (χ2v) is 5.70. The molecule has 122 valence electrons. The lowest BCUT2D eigenvalue weighted by atomic mass is 9.94. The van der Waals surface area contributed by atoms with E-state index in [1.807, 2.05) is 0 Å². The van der Waals surface area contributed by atoms with Crippen LogP contribution in [0.4, 0.5) is 0 Å². The lowest BCUT2D eigenvalue weighted by molar-refractivity contribution is -0.202. The summed E-state index contributed by atoms with van der Waals surface area (Å²) in [7, 11) is 0. The summed E-state index contributed by atoms with van der Waals surface area (Å²) in [6, 6.07) is 0. The molecule has 3 N–H and O–H groups in total. The first-order chi connectivity index (χ1) is 10.1. The summed E-state index contributed by atoms with van der Waals surface area (Å²) in [5.74, 6) is -1.73. The number of carbonyl (C=O) groups is 1. The van der Waals surface area contributed by atoms with Crippen LogP contribution >= 0.6 is 0 Å². The van der Waals surface area contributed by atoms with Gasteiger partial charge in [-0.25, -0.2) is 4.79 Å². The third kappa shape index (κ3) is 4.37. The van der Waals surface area contributed by atoms with Crippen LogP contribution in [0.25, 0.3) is 0 Å². The van der Waals surface area contributed by atoms with E-state index in [1.54, 1.807) is 0 Å². The second kappa shape index (κ2) is 7.51. The minimum atomic E-state index is -1.05. The zero-order valence-corrected chi connectivity index (χ0v) is 12.1. The fraction of sp³-hybridized carbons (Fsp3) is 0.929. The molecule has 1 unspecified atom stereocenters. The Hall–Kier alpha value is -0.730. The molecule has 3 atom stereocenters. The third-order valence-corrected chi connectivity index (χ3v) is 4.01. The topological polar surface area (TPSA) is 105 Å². The van der Waals surface area contributed by atoms with Crippen LogP contribution in [0.5, 0.6) is 0 Å². The molecule has 21 heavy (non-hydrogen) atoms. The highest BCUT2D eigenvalue weighted by molar-refractivity contribution is 5.67. The van der Waals surface area contributed by atoms with Gasteiger partial charge in [0.2, 0.25) is 0 Å². The molecule has 0 radical (unpaired) electrons. The van der Waals surface area contributed by atoms with E-state index in [2.05, 4.69) is 0 Å². The van der Waals surface area contributed by atoms with Crippen LogP contribution in [0.2, 0.25) is 0 Å². The van der Waals surface area contributed by atoms with Crippen molar-refractivity contribution in [2.45, 2.75) is 62.6 Å². The number of hydrogen-bond acceptors (Lipinski definition) is 6. The van der Waals surface area contributed by atoms with Crippen LogP contribution in [0.15, 0.2) is 0 Å². The second-order valence-electron chi connectivity index (χ2n) is 5.70. The van der Waals surface area contributed by atoms with Crippen molar-refractivity contribution in [2.24, 2.45) is 0 Å². The Morgan fingerprint density at radius 1 is 1.29 bits per heavy atom. The molecule has 0 aromatic heterocycles. The summed E-state index contributed by atoms with van der Waals surface area (Å²) in [5, 5.41) is 27.7. The standard InChI is InChI=1S/C14H24O7/c15-7-4-10(16)13-11(8-19-9-12(17)18)20-14(21-13)5-2-1-3-6-14/h10-11,13,15-16H,1-9H2,(H,17,18)/t10?,11-,13+/m0/s1. The summed E-state index contributed by atoms with van der Waals surface area (Å²) in [6.07, 6.45) is 2.92. The van der Waals surface area contributed by atoms with E-state index < -0.39 is 36.7 Å². The molecule has 0 aromatic carbocycles. The third-order valence-electron chi connectivity index (χ3n) is 4.01. The van der Waals surface area contributed by atoms with E-state index in [-0.39, 0.29) is 19.6 Å². The van der Waals surface area contributed by atoms with E-state index >= 15 is 0 Å². The Labute approximate surface area is 123 Å². The summed E-state index contributed by atoms with van der Waals surface area (Å²) in [5.41, 5.74) is 0. The first-order valence-electron chi connectivity index (χ1n) is 7.50. The molecule has 0 bridgehead atoms. The first-order valence-corrected chi connectivity index (χ1v) is 7.50. The van der Waals surface area contributed by atoms with Gasteiger partial charge >= 0.3 is 5.97 Å². The number of ether oxygens (including phenoxy) is 3. The van der Waals surface area contributed by atoms with Crippen LogP contribution in [-0.2, 0) is 19.0 Å². The van der Waals surface area contributed by atoms with Crippen molar-refractivity contribution in [3.05, 3.63) is 0 Å². The minimum absolute atomic E-state index is 0.0568. The normalized spacial score (nSPS) is 29.6. The molecule has 1 saturated carbocycles. The van der Waals surface area contributed by atoms with Crippen LogP contribution in [0.3, 0.4) is 0 Å². The zero-order chi connectivity index (χ0) is 15.3. The highest BCUT2D eigenvalue weighted by atomic mass is 16.8. The maximum Gasteiger partial charge on any atom is 0.329 e. The molecule has 7 heteroatoms. The Kier molecular flexibility index (Phi) is 5.95. The van der Waals surface area contributed by atoms with Gasteiger partial charge in [0.15, 0.2) is 5.79 Å². The SMILES string of the molecule is O=C(O)COC[C@@H]1OC2(CCCCC2)O[C@@H]1C(O)CCO. The first kappa shape index (κ1) is 16.6. The Bertz CT molecular complexity index is 340. The number of aliphatic hydroxyl groups excluding tert-OH is 2. The molecule has 1 spiro atoms. The van der Waals surface area contributed by atoms with Crippen molar-refractivity contribution in [1.82, 2.24) is 0 Å². The average molecular weight is 304 g/mol. The van der Waals surface area contributed by atoms with E-state index in [0.29, 0.717) is 0 Å². The predicted octanol–water partition coefficient (Wildman–Crippen LogP) is 0.275. The maximum atomic E-state index is 10.5. The molecule has 1 aliphatic heterocycles. The highest BCUT2D eigenvalue weighted by Crippen LogP contribution is 2.41. The Morgan fingerprint density at radius 3 is 2.62 bits per heavy atom. The molecular formula is C14H24O7. The van der Waals surface area contributed by atoms with E-state index in [9.17, 15) is 9.90 Å². The van der Waals surface area contributed by atoms with Crippen LogP contribution in [0.1, 0.15) is 38.5 Å². The lowest BCUT2D eigenvalue weighted by Crippen LogP contribution is -2.39. The number of carboxylic acids is 1. The van der Waals surface area contributed by atoms with Crippen LogP contribution < -0.4 is 0 Å². The lowest BCUT2D eigenvalue weighted by Gasteiger charge is -2.32. The van der Waals surface area contributed by atoms with Gasteiger partial charge in [-0.05, 0) is 19.3 Å². The summed E-state index contributed by atoms with van der Waals surface area (Å²) >= 11 is 0. The Balaban J connectivity index is 1.97. The number of hydrogen-bond donors (Lipinski definition) is 3. The van der Waals surface area contributed by atoms with Gasteiger partial charge in [-0.3, -0.25) is 0 Å². The van der Waals surface area contributed by atoms with E-state index in [0.717, 1.165) is 32.1 Å². The number of carboxylic acid groups (broad SMARTS) is 1. The molecule has 7 nitrogen and oxygen atoms in total. The molecule has 2 fully saturated rings. The summed E-state index contributed by atoms with van der Waals surface area (Å²) in [6.45, 7) is -0.492. The van der Waals surface area contributed by atoms with Crippen molar-refractivity contribution < 1.29 is 34.3 Å². The van der Waals surface area contributed by atoms with Crippen LogP contribution in [0, 0.1) is 0 Å². The monoisotopic (exact) mass is 304 g/mol. The molecule has 2 rings (SSSR count). The summed E-state index contributed by atoms with van der Waals surface area (Å²) in [4.78, 5) is 10.5. The minimum Gasteiger partial charge on any atom is -0.480 e. The number of rotatable bonds is 7.